The standard InChI is InChI=1S/C39H48ClN7O13/c1-4-23(44-27(49)13-10-20-8-6-5-7-9-20)36(55)47-31-25(48)18-28(50)46-32(33(53)35(42)54)38(57)43-15-14-19(2)30(41)37(56)45-24(17-29(51)52)39(58)60-34(31)21-11-12-26(59-3)22(40)16-21/h4-13,16,19,24-25,30-34,48,53H,14-15,17-18,41H2,1-3H3,(H2,42,54)(H,43,57)(H,44,49)(H,45,56)(H,46,50)(H,47,55)(H,51,52)/b13-10+,23-4+/t19-,24-,25-,30-,31+,32-,33+,34+/m0/s1. The first-order valence-corrected chi connectivity index (χ1v) is 18.8. The number of aliphatic hydroxyl groups is 2. The summed E-state index contributed by atoms with van der Waals surface area (Å²) in [5.41, 5.74) is 11.6. The second-order valence-corrected chi connectivity index (χ2v) is 14.0. The molecule has 0 spiro atoms. The van der Waals surface area contributed by atoms with E-state index in [2.05, 4.69) is 26.6 Å². The molecule has 1 aliphatic heterocycles. The number of aliphatic hydroxyl groups excluding tert-OH is 2. The molecule has 1 heterocycles. The highest BCUT2D eigenvalue weighted by Gasteiger charge is 2.40. The predicted molar refractivity (Wildman–Crippen MR) is 213 cm³/mol. The molecule has 20 nitrogen and oxygen atoms in total. The summed E-state index contributed by atoms with van der Waals surface area (Å²) in [7, 11) is 1.30. The molecular weight excluding hydrogens is 810 g/mol. The normalized spacial score (nSPS) is 24.3. The van der Waals surface area contributed by atoms with E-state index in [4.69, 9.17) is 32.5 Å². The number of carboxylic acids is 1. The zero-order chi connectivity index (χ0) is 44.7. The molecule has 324 valence electrons. The number of esters is 1. The van der Waals surface area contributed by atoms with Crippen LogP contribution in [0.15, 0.2) is 66.4 Å². The monoisotopic (exact) mass is 857 g/mol. The Bertz CT molecular complexity index is 1980. The van der Waals surface area contributed by atoms with Gasteiger partial charge in [0.1, 0.15) is 29.6 Å². The molecule has 2 aromatic carbocycles. The number of halogens is 1. The molecular formula is C39H48ClN7O13. The SMILES string of the molecule is C/C=C(/NC(=O)/C=C/c1ccccc1)C(=O)N[C@H]1[C@@H](c2ccc(OC)c(Cl)c2)OC(=O)[C@H](CC(=O)O)NC(=O)[C@@H](N)[C@@H](C)CCNC(=O)[C@H]([C@@H](O)C(N)=O)NC(=O)C[C@@H]1O. The summed E-state index contributed by atoms with van der Waals surface area (Å²) < 4.78 is 11.0. The lowest BCUT2D eigenvalue weighted by molar-refractivity contribution is -0.160. The number of carbonyl (C=O) groups excluding carboxylic acids is 7. The molecule has 21 heteroatoms. The van der Waals surface area contributed by atoms with Gasteiger partial charge in [-0.25, -0.2) is 4.79 Å². The summed E-state index contributed by atoms with van der Waals surface area (Å²) >= 11 is 6.42. The highest BCUT2D eigenvalue weighted by molar-refractivity contribution is 6.32. The molecule has 3 rings (SSSR count). The number of cyclic esters (lactones) is 1. The maximum atomic E-state index is 13.9. The number of aliphatic carboxylic acids is 1. The van der Waals surface area contributed by atoms with Gasteiger partial charge in [-0.2, -0.15) is 0 Å². The van der Waals surface area contributed by atoms with Crippen molar-refractivity contribution in [2.75, 3.05) is 13.7 Å². The summed E-state index contributed by atoms with van der Waals surface area (Å²) in [6.07, 6.45) is -4.49. The van der Waals surface area contributed by atoms with Crippen LogP contribution in [0.5, 0.6) is 5.75 Å². The number of nitrogens with two attached hydrogens (primary N) is 2. The summed E-state index contributed by atoms with van der Waals surface area (Å²) in [6, 6.07) is 5.36. The van der Waals surface area contributed by atoms with Crippen LogP contribution in [0.2, 0.25) is 5.02 Å². The van der Waals surface area contributed by atoms with Crippen LogP contribution in [0.1, 0.15) is 50.3 Å². The van der Waals surface area contributed by atoms with Crippen LogP contribution in [0.3, 0.4) is 0 Å². The van der Waals surface area contributed by atoms with E-state index in [0.717, 1.165) is 6.08 Å². The van der Waals surface area contributed by atoms with Crippen molar-refractivity contribution in [3.05, 3.63) is 82.5 Å². The average Bonchev–Trinajstić information content (AvgIpc) is 3.20. The Balaban J connectivity index is 2.18. The van der Waals surface area contributed by atoms with Gasteiger partial charge < -0.3 is 62.8 Å². The first kappa shape index (κ1) is 48.0. The minimum Gasteiger partial charge on any atom is -0.495 e. The molecule has 0 radical (unpaired) electrons. The lowest BCUT2D eigenvalue weighted by Gasteiger charge is -2.33. The molecule has 8 atom stereocenters. The van der Waals surface area contributed by atoms with E-state index in [1.54, 1.807) is 30.3 Å². The summed E-state index contributed by atoms with van der Waals surface area (Å²) in [4.78, 5) is 105. The van der Waals surface area contributed by atoms with Gasteiger partial charge in [0.2, 0.25) is 29.5 Å². The Hall–Kier alpha value is -6.35. The number of nitrogens with one attached hydrogen (secondary N) is 5. The molecule has 2 aromatic rings. The van der Waals surface area contributed by atoms with E-state index < -0.39 is 109 Å². The van der Waals surface area contributed by atoms with Crippen LogP contribution in [0.25, 0.3) is 6.08 Å². The zero-order valence-corrected chi connectivity index (χ0v) is 33.5. The lowest BCUT2D eigenvalue weighted by atomic mass is 9.94. The minimum atomic E-state index is -2.27. The second kappa shape index (κ2) is 22.7. The first-order chi connectivity index (χ1) is 28.4. The predicted octanol–water partition coefficient (Wildman–Crippen LogP) is -1.32. The Labute approximate surface area is 349 Å². The van der Waals surface area contributed by atoms with Gasteiger partial charge in [-0.05, 0) is 48.6 Å². The summed E-state index contributed by atoms with van der Waals surface area (Å²) in [6.45, 7) is 2.69. The third-order valence-corrected chi connectivity index (χ3v) is 9.49. The molecule has 12 N–H and O–H groups in total. The lowest BCUT2D eigenvalue weighted by Crippen LogP contribution is -2.58. The van der Waals surface area contributed by atoms with Crippen LogP contribution in [-0.4, -0.2) is 113 Å². The number of methoxy groups -OCH3 is 1. The molecule has 0 unspecified atom stereocenters. The van der Waals surface area contributed by atoms with E-state index in [9.17, 15) is 53.7 Å². The van der Waals surface area contributed by atoms with E-state index in [-0.39, 0.29) is 35.0 Å². The summed E-state index contributed by atoms with van der Waals surface area (Å²) in [5.74, 6) is -10.0. The highest BCUT2D eigenvalue weighted by atomic mass is 35.5. The van der Waals surface area contributed by atoms with Crippen LogP contribution in [-0.2, 0) is 43.1 Å². The molecule has 6 amide bonds. The van der Waals surface area contributed by atoms with Crippen LogP contribution in [0, 0.1) is 5.92 Å². The highest BCUT2D eigenvalue weighted by Crippen LogP contribution is 2.32. The Morgan fingerprint density at radius 1 is 1.07 bits per heavy atom. The van der Waals surface area contributed by atoms with Gasteiger partial charge in [0.05, 0.1) is 43.2 Å². The number of allylic oxidation sites excluding steroid dienone is 1. The maximum absolute atomic E-state index is 13.9. The van der Waals surface area contributed by atoms with Crippen LogP contribution < -0.4 is 42.8 Å². The number of hydrogen-bond donors (Lipinski definition) is 10. The van der Waals surface area contributed by atoms with Crippen molar-refractivity contribution >= 4 is 65.1 Å². The third-order valence-electron chi connectivity index (χ3n) is 9.20. The van der Waals surface area contributed by atoms with Crippen molar-refractivity contribution in [2.45, 2.75) is 75.6 Å². The fourth-order valence-corrected chi connectivity index (χ4v) is 6.06. The number of benzene rings is 2. The molecule has 0 aromatic heterocycles. The van der Waals surface area contributed by atoms with Crippen LogP contribution in [0.4, 0.5) is 0 Å². The van der Waals surface area contributed by atoms with Crippen LogP contribution >= 0.6 is 11.6 Å². The number of rotatable bonds is 11. The average molecular weight is 858 g/mol. The van der Waals surface area contributed by atoms with Crippen molar-refractivity contribution in [3.63, 3.8) is 0 Å². The number of carboxylic acid groups (broad SMARTS) is 1. The first-order valence-electron chi connectivity index (χ1n) is 18.4. The molecule has 1 aliphatic rings. The van der Waals surface area contributed by atoms with E-state index in [1.165, 1.54) is 51.3 Å². The van der Waals surface area contributed by atoms with Gasteiger partial charge in [0.15, 0.2) is 6.10 Å². The van der Waals surface area contributed by atoms with Crippen molar-refractivity contribution < 1.29 is 63.1 Å². The molecule has 0 aliphatic carbocycles. The van der Waals surface area contributed by atoms with Crippen molar-refractivity contribution in [3.8, 4) is 5.75 Å². The Morgan fingerprint density at radius 3 is 2.35 bits per heavy atom. The van der Waals surface area contributed by atoms with Gasteiger partial charge >= 0.3 is 11.9 Å². The smallest absolute Gasteiger partial charge is 0.329 e. The van der Waals surface area contributed by atoms with E-state index >= 15 is 0 Å². The number of ether oxygens (including phenoxy) is 2. The van der Waals surface area contributed by atoms with E-state index in [1.807, 2.05) is 0 Å². The van der Waals surface area contributed by atoms with Crippen molar-refractivity contribution in [1.82, 2.24) is 26.6 Å². The number of carbonyl (C=O) groups is 8. The fraction of sp³-hybridized carbons (Fsp3) is 0.385. The van der Waals surface area contributed by atoms with Gasteiger partial charge in [-0.1, -0.05) is 61.0 Å². The number of amides is 6. The topological polar surface area (TPSA) is 328 Å². The molecule has 0 saturated carbocycles. The largest absolute Gasteiger partial charge is 0.495 e. The zero-order valence-electron chi connectivity index (χ0n) is 32.8. The quantitative estimate of drug-likeness (QED) is 0.0926. The summed E-state index contributed by atoms with van der Waals surface area (Å²) in [5, 5.41) is 43.5. The molecule has 1 saturated heterocycles. The second-order valence-electron chi connectivity index (χ2n) is 13.6. The molecule has 60 heavy (non-hydrogen) atoms. The minimum absolute atomic E-state index is 0.0000605. The number of hydrogen-bond acceptors (Lipinski definition) is 13. The van der Waals surface area contributed by atoms with Crippen molar-refractivity contribution in [2.24, 2.45) is 17.4 Å². The van der Waals surface area contributed by atoms with Gasteiger partial charge in [-0.3, -0.25) is 33.6 Å². The van der Waals surface area contributed by atoms with Gasteiger partial charge in [0.25, 0.3) is 5.91 Å². The molecule has 0 bridgehead atoms. The fourth-order valence-electron chi connectivity index (χ4n) is 5.80. The van der Waals surface area contributed by atoms with Crippen molar-refractivity contribution in [1.29, 1.82) is 0 Å². The molecule has 1 fully saturated rings. The Morgan fingerprint density at radius 2 is 1.75 bits per heavy atom. The Kier molecular flexibility index (Phi) is 18.2. The third kappa shape index (κ3) is 13.9. The van der Waals surface area contributed by atoms with Gasteiger partial charge in [-0.15, -0.1) is 0 Å². The maximum Gasteiger partial charge on any atom is 0.329 e. The number of primary amides is 1. The van der Waals surface area contributed by atoms with E-state index in [0.29, 0.717) is 5.56 Å². The van der Waals surface area contributed by atoms with Gasteiger partial charge in [0, 0.05) is 12.6 Å².